The van der Waals surface area contributed by atoms with E-state index in [9.17, 15) is 14.4 Å². The highest BCUT2D eigenvalue weighted by atomic mass is 16.5. The summed E-state index contributed by atoms with van der Waals surface area (Å²) >= 11 is 0. The van der Waals surface area contributed by atoms with Crippen molar-refractivity contribution in [3.05, 3.63) is 44.6 Å². The lowest BCUT2D eigenvalue weighted by atomic mass is 10.1. The van der Waals surface area contributed by atoms with E-state index in [1.165, 1.54) is 17.7 Å². The van der Waals surface area contributed by atoms with E-state index in [0.29, 0.717) is 23.0 Å². The topological polar surface area (TPSA) is 70.3 Å². The average Bonchev–Trinajstić information content (AvgIpc) is 2.47. The number of fused-ring (bicyclic) bond motifs is 1. The summed E-state index contributed by atoms with van der Waals surface area (Å²) in [5, 5.41) is 0.344. The number of hydrogen-bond acceptors (Lipinski definition) is 4. The van der Waals surface area contributed by atoms with E-state index in [-0.39, 0.29) is 17.8 Å². The number of carbonyl (C=O) groups excluding carboxylic acids is 1. The maximum Gasteiger partial charge on any atom is 0.337 e. The van der Waals surface area contributed by atoms with Crippen LogP contribution in [0.25, 0.3) is 10.9 Å². The number of esters is 1. The Morgan fingerprint density at radius 1 is 1.15 bits per heavy atom. The minimum Gasteiger partial charge on any atom is -0.465 e. The second-order valence-electron chi connectivity index (χ2n) is 4.30. The Morgan fingerprint density at radius 2 is 1.80 bits per heavy atom. The van der Waals surface area contributed by atoms with Gasteiger partial charge in [-0.15, -0.1) is 0 Å². The first-order valence-electron chi connectivity index (χ1n) is 6.40. The summed E-state index contributed by atoms with van der Waals surface area (Å²) in [6.45, 7) is 4.31. The molecule has 0 spiro atoms. The fourth-order valence-corrected chi connectivity index (χ4v) is 2.25. The zero-order valence-electron chi connectivity index (χ0n) is 11.7. The number of benzene rings is 1. The molecular weight excluding hydrogens is 260 g/mol. The molecule has 2 aromatic rings. The highest BCUT2D eigenvalue weighted by molar-refractivity contribution is 5.94. The van der Waals surface area contributed by atoms with Gasteiger partial charge in [-0.25, -0.2) is 9.59 Å². The molecule has 0 saturated carbocycles. The standard InChI is InChI=1S/C14H16N2O4/c1-4-15-11-7-6-9(13(18)20-3)8-10(11)12(17)16(5-2)14(15)19/h6-8H,4-5H2,1-3H3. The van der Waals surface area contributed by atoms with Crippen LogP contribution in [-0.4, -0.2) is 22.2 Å². The van der Waals surface area contributed by atoms with Crippen molar-refractivity contribution in [2.24, 2.45) is 0 Å². The number of carbonyl (C=O) groups is 1. The molecule has 106 valence electrons. The molecule has 2 rings (SSSR count). The van der Waals surface area contributed by atoms with Gasteiger partial charge < -0.3 is 4.74 Å². The van der Waals surface area contributed by atoms with Gasteiger partial charge in [0.1, 0.15) is 0 Å². The number of ether oxygens (including phenoxy) is 1. The molecule has 0 saturated heterocycles. The van der Waals surface area contributed by atoms with Crippen molar-refractivity contribution in [1.82, 2.24) is 9.13 Å². The van der Waals surface area contributed by atoms with Gasteiger partial charge in [0.15, 0.2) is 0 Å². The van der Waals surface area contributed by atoms with Crippen molar-refractivity contribution < 1.29 is 9.53 Å². The van der Waals surface area contributed by atoms with Gasteiger partial charge in [0.2, 0.25) is 0 Å². The van der Waals surface area contributed by atoms with Crippen LogP contribution in [0.2, 0.25) is 0 Å². The lowest BCUT2D eigenvalue weighted by Crippen LogP contribution is -2.39. The summed E-state index contributed by atoms with van der Waals surface area (Å²) in [6, 6.07) is 4.63. The first-order chi connectivity index (χ1) is 9.54. The van der Waals surface area contributed by atoms with Crippen LogP contribution in [0.15, 0.2) is 27.8 Å². The molecule has 1 heterocycles. The summed E-state index contributed by atoms with van der Waals surface area (Å²) < 4.78 is 7.32. The molecule has 0 amide bonds. The molecule has 0 N–H and O–H groups in total. The summed E-state index contributed by atoms with van der Waals surface area (Å²) in [6.07, 6.45) is 0. The van der Waals surface area contributed by atoms with Crippen LogP contribution < -0.4 is 11.2 Å². The average molecular weight is 276 g/mol. The van der Waals surface area contributed by atoms with Crippen LogP contribution in [-0.2, 0) is 17.8 Å². The molecule has 6 nitrogen and oxygen atoms in total. The molecule has 1 aromatic carbocycles. The predicted molar refractivity (Wildman–Crippen MR) is 75.2 cm³/mol. The van der Waals surface area contributed by atoms with Crippen LogP contribution in [0.3, 0.4) is 0 Å². The molecule has 0 aliphatic rings. The quantitative estimate of drug-likeness (QED) is 0.784. The minimum atomic E-state index is -0.511. The number of nitrogens with zero attached hydrogens (tertiary/aromatic N) is 2. The maximum absolute atomic E-state index is 12.3. The number of aryl methyl sites for hydroxylation is 1. The van der Waals surface area contributed by atoms with Gasteiger partial charge in [0, 0.05) is 13.1 Å². The molecule has 0 atom stereocenters. The number of hydrogen-bond donors (Lipinski definition) is 0. The van der Waals surface area contributed by atoms with Gasteiger partial charge >= 0.3 is 11.7 Å². The minimum absolute atomic E-state index is 0.288. The van der Waals surface area contributed by atoms with Gasteiger partial charge in [-0.3, -0.25) is 13.9 Å². The van der Waals surface area contributed by atoms with Crippen LogP contribution in [0, 0.1) is 0 Å². The van der Waals surface area contributed by atoms with Crippen LogP contribution in [0.4, 0.5) is 0 Å². The second-order valence-corrected chi connectivity index (χ2v) is 4.30. The normalized spacial score (nSPS) is 10.8. The van der Waals surface area contributed by atoms with Crippen molar-refractivity contribution in [2.45, 2.75) is 26.9 Å². The number of methoxy groups -OCH3 is 1. The van der Waals surface area contributed by atoms with Crippen LogP contribution in [0.5, 0.6) is 0 Å². The largest absolute Gasteiger partial charge is 0.465 e. The fourth-order valence-electron chi connectivity index (χ4n) is 2.25. The molecule has 0 aliphatic heterocycles. The number of aromatic nitrogens is 2. The van der Waals surface area contributed by atoms with Crippen molar-refractivity contribution >= 4 is 16.9 Å². The van der Waals surface area contributed by atoms with E-state index >= 15 is 0 Å². The van der Waals surface area contributed by atoms with E-state index in [2.05, 4.69) is 4.74 Å². The fraction of sp³-hybridized carbons (Fsp3) is 0.357. The van der Waals surface area contributed by atoms with Gasteiger partial charge in [-0.05, 0) is 32.0 Å². The smallest absolute Gasteiger partial charge is 0.337 e. The van der Waals surface area contributed by atoms with E-state index in [1.54, 1.807) is 19.1 Å². The molecule has 0 unspecified atom stereocenters. The Hall–Kier alpha value is -2.37. The third-order valence-corrected chi connectivity index (χ3v) is 3.28. The van der Waals surface area contributed by atoms with Crippen molar-refractivity contribution in [3.63, 3.8) is 0 Å². The third kappa shape index (κ3) is 2.03. The van der Waals surface area contributed by atoms with E-state index in [1.807, 2.05) is 6.92 Å². The van der Waals surface area contributed by atoms with Gasteiger partial charge in [0.05, 0.1) is 23.6 Å². The van der Waals surface area contributed by atoms with Crippen molar-refractivity contribution in [1.29, 1.82) is 0 Å². The Kier molecular flexibility index (Phi) is 3.74. The Morgan fingerprint density at radius 3 is 2.35 bits per heavy atom. The van der Waals surface area contributed by atoms with Gasteiger partial charge in [0.25, 0.3) is 5.56 Å². The van der Waals surface area contributed by atoms with Crippen LogP contribution in [0.1, 0.15) is 24.2 Å². The highest BCUT2D eigenvalue weighted by Crippen LogP contribution is 2.12. The molecule has 0 fully saturated rings. The zero-order valence-corrected chi connectivity index (χ0v) is 11.7. The molecule has 0 bridgehead atoms. The van der Waals surface area contributed by atoms with Crippen molar-refractivity contribution in [3.8, 4) is 0 Å². The van der Waals surface area contributed by atoms with E-state index < -0.39 is 5.97 Å². The van der Waals surface area contributed by atoms with Gasteiger partial charge in [-0.2, -0.15) is 0 Å². The summed E-state index contributed by atoms with van der Waals surface area (Å²) in [5.41, 5.74) is 0.0992. The van der Waals surface area contributed by atoms with E-state index in [4.69, 9.17) is 0 Å². The summed E-state index contributed by atoms with van der Waals surface area (Å²) in [4.78, 5) is 36.0. The van der Waals surface area contributed by atoms with Crippen LogP contribution >= 0.6 is 0 Å². The van der Waals surface area contributed by atoms with Gasteiger partial charge in [-0.1, -0.05) is 0 Å². The Bertz CT molecular complexity index is 786. The second kappa shape index (κ2) is 5.32. The Labute approximate surface area is 115 Å². The van der Waals surface area contributed by atoms with Crippen molar-refractivity contribution in [2.75, 3.05) is 7.11 Å². The lowest BCUT2D eigenvalue weighted by molar-refractivity contribution is 0.0601. The SMILES string of the molecule is CCn1c(=O)c2cc(C(=O)OC)ccc2n(CC)c1=O. The molecule has 6 heteroatoms. The molecule has 1 aromatic heterocycles. The highest BCUT2D eigenvalue weighted by Gasteiger charge is 2.14. The lowest BCUT2D eigenvalue weighted by Gasteiger charge is -2.12. The molecule has 0 aliphatic carbocycles. The predicted octanol–water partition coefficient (Wildman–Crippen LogP) is 0.990. The first-order valence-corrected chi connectivity index (χ1v) is 6.40. The first kappa shape index (κ1) is 14.0. The molecule has 0 radical (unpaired) electrons. The molecular formula is C14H16N2O4. The molecule has 20 heavy (non-hydrogen) atoms. The zero-order chi connectivity index (χ0) is 14.9. The Balaban J connectivity index is 2.92. The number of rotatable bonds is 3. The summed E-state index contributed by atoms with van der Waals surface area (Å²) in [5.74, 6) is -0.511. The third-order valence-electron chi connectivity index (χ3n) is 3.28. The monoisotopic (exact) mass is 276 g/mol. The summed E-state index contributed by atoms with van der Waals surface area (Å²) in [7, 11) is 1.28. The van der Waals surface area contributed by atoms with E-state index in [0.717, 1.165) is 4.57 Å². The maximum atomic E-state index is 12.3.